The van der Waals surface area contributed by atoms with Crippen molar-refractivity contribution < 1.29 is 13.2 Å². The van der Waals surface area contributed by atoms with Gasteiger partial charge in [0.15, 0.2) is 9.84 Å². The monoisotopic (exact) mass is 349 g/mol. The largest absolute Gasteiger partial charge is 0.322 e. The van der Waals surface area contributed by atoms with E-state index in [-0.39, 0.29) is 10.8 Å². The van der Waals surface area contributed by atoms with Gasteiger partial charge >= 0.3 is 0 Å². The number of nitrogens with one attached hydrogen (secondary N) is 1. The van der Waals surface area contributed by atoms with Crippen LogP contribution in [0.1, 0.15) is 24.2 Å². The lowest BCUT2D eigenvalue weighted by Crippen LogP contribution is -2.11. The Kier molecular flexibility index (Phi) is 5.49. The van der Waals surface area contributed by atoms with Gasteiger partial charge in [0.05, 0.1) is 4.90 Å². The van der Waals surface area contributed by atoms with Crippen LogP contribution in [0.15, 0.2) is 58.3 Å². The van der Waals surface area contributed by atoms with E-state index < -0.39 is 9.84 Å². The zero-order valence-corrected chi connectivity index (χ0v) is 14.9. The molecule has 23 heavy (non-hydrogen) atoms. The minimum atomic E-state index is -3.23. The molecule has 0 aromatic heterocycles. The van der Waals surface area contributed by atoms with Gasteiger partial charge in [-0.25, -0.2) is 8.42 Å². The Labute approximate surface area is 141 Å². The van der Waals surface area contributed by atoms with E-state index in [1.54, 1.807) is 36.0 Å². The fourth-order valence-electron chi connectivity index (χ4n) is 1.95. The van der Waals surface area contributed by atoms with Gasteiger partial charge in [0.25, 0.3) is 5.91 Å². The molecule has 0 unspecified atom stereocenters. The van der Waals surface area contributed by atoms with Crippen LogP contribution in [0.2, 0.25) is 0 Å². The van der Waals surface area contributed by atoms with Gasteiger partial charge in [-0.05, 0) is 48.5 Å². The summed E-state index contributed by atoms with van der Waals surface area (Å²) in [5, 5.41) is 3.25. The Hall–Kier alpha value is -1.79. The number of carbonyl (C=O) groups is 1. The quantitative estimate of drug-likeness (QED) is 0.833. The summed E-state index contributed by atoms with van der Waals surface area (Å²) in [6.07, 6.45) is 1.15. The molecule has 0 aliphatic carbocycles. The lowest BCUT2D eigenvalue weighted by Gasteiger charge is -2.08. The molecule has 0 saturated carbocycles. The number of hydrogen-bond donors (Lipinski definition) is 1. The molecule has 6 heteroatoms. The van der Waals surface area contributed by atoms with Crippen LogP contribution < -0.4 is 5.32 Å². The van der Waals surface area contributed by atoms with E-state index in [0.717, 1.165) is 11.2 Å². The summed E-state index contributed by atoms with van der Waals surface area (Å²) in [5.74, 6) is -0.224. The zero-order chi connectivity index (χ0) is 17.0. The van der Waals surface area contributed by atoms with Gasteiger partial charge in [-0.15, -0.1) is 11.8 Å². The van der Waals surface area contributed by atoms with E-state index in [4.69, 9.17) is 0 Å². The molecule has 1 N–H and O–H groups in total. The highest BCUT2D eigenvalue weighted by molar-refractivity contribution is 7.99. The van der Waals surface area contributed by atoms with Crippen molar-refractivity contribution in [2.45, 2.75) is 28.9 Å². The number of rotatable bonds is 5. The van der Waals surface area contributed by atoms with Crippen LogP contribution in [0.25, 0.3) is 0 Å². The van der Waals surface area contributed by atoms with Crippen LogP contribution in [0.3, 0.4) is 0 Å². The standard InChI is InChI=1S/C17H19NO3S2/c1-12(2)22-15-8-4-13(5-9-15)17(19)18-14-6-10-16(11-7-14)23(3,20)21/h4-12H,1-3H3,(H,18,19). The van der Waals surface area contributed by atoms with Crippen molar-refractivity contribution in [3.63, 3.8) is 0 Å². The van der Waals surface area contributed by atoms with E-state index in [2.05, 4.69) is 19.2 Å². The predicted octanol–water partition coefficient (Wildman–Crippen LogP) is 3.84. The molecular weight excluding hydrogens is 330 g/mol. The summed E-state index contributed by atoms with van der Waals surface area (Å²) < 4.78 is 22.8. The van der Waals surface area contributed by atoms with Crippen molar-refractivity contribution in [3.05, 3.63) is 54.1 Å². The summed E-state index contributed by atoms with van der Waals surface area (Å²) >= 11 is 1.74. The second-order valence-corrected chi connectivity index (χ2v) is 9.11. The molecule has 0 atom stereocenters. The Balaban J connectivity index is 2.07. The van der Waals surface area contributed by atoms with E-state index in [0.29, 0.717) is 16.5 Å². The van der Waals surface area contributed by atoms with Crippen molar-refractivity contribution in [1.29, 1.82) is 0 Å². The van der Waals surface area contributed by atoms with Gasteiger partial charge in [-0.1, -0.05) is 13.8 Å². The van der Waals surface area contributed by atoms with Gasteiger partial charge in [-0.3, -0.25) is 4.79 Å². The number of hydrogen-bond acceptors (Lipinski definition) is 4. The topological polar surface area (TPSA) is 63.2 Å². The van der Waals surface area contributed by atoms with Crippen LogP contribution >= 0.6 is 11.8 Å². The van der Waals surface area contributed by atoms with E-state index in [1.165, 1.54) is 12.1 Å². The van der Waals surface area contributed by atoms with E-state index in [9.17, 15) is 13.2 Å². The second kappa shape index (κ2) is 7.19. The van der Waals surface area contributed by atoms with E-state index in [1.807, 2.05) is 12.1 Å². The zero-order valence-electron chi connectivity index (χ0n) is 13.2. The number of anilines is 1. The molecule has 2 aromatic carbocycles. The van der Waals surface area contributed by atoms with Crippen molar-refractivity contribution in [2.75, 3.05) is 11.6 Å². The maximum Gasteiger partial charge on any atom is 0.255 e. The average molecular weight is 349 g/mol. The minimum Gasteiger partial charge on any atom is -0.322 e. The number of amides is 1. The summed E-state index contributed by atoms with van der Waals surface area (Å²) in [7, 11) is -3.23. The lowest BCUT2D eigenvalue weighted by molar-refractivity contribution is 0.102. The van der Waals surface area contributed by atoms with Crippen molar-refractivity contribution in [3.8, 4) is 0 Å². The molecule has 0 radical (unpaired) electrons. The smallest absolute Gasteiger partial charge is 0.255 e. The molecule has 0 aliphatic rings. The molecule has 0 fully saturated rings. The SMILES string of the molecule is CC(C)Sc1ccc(C(=O)Nc2ccc(S(C)(=O)=O)cc2)cc1. The van der Waals surface area contributed by atoms with Gasteiger partial charge in [0.1, 0.15) is 0 Å². The third-order valence-corrected chi connectivity index (χ3v) is 5.17. The van der Waals surface area contributed by atoms with Crippen molar-refractivity contribution in [2.24, 2.45) is 0 Å². The number of benzene rings is 2. The molecule has 0 bridgehead atoms. The summed E-state index contributed by atoms with van der Waals surface area (Å²) in [4.78, 5) is 13.5. The molecule has 2 aromatic rings. The maximum absolute atomic E-state index is 12.2. The Morgan fingerprint density at radius 2 is 1.57 bits per heavy atom. The molecule has 0 saturated heterocycles. The summed E-state index contributed by atoms with van der Waals surface area (Å²) in [6, 6.07) is 13.5. The first-order chi connectivity index (χ1) is 10.8. The Bertz CT molecular complexity index is 780. The van der Waals surface area contributed by atoms with Gasteiger partial charge in [0.2, 0.25) is 0 Å². The Morgan fingerprint density at radius 1 is 1.00 bits per heavy atom. The first-order valence-corrected chi connectivity index (χ1v) is 9.91. The van der Waals surface area contributed by atoms with Crippen molar-refractivity contribution >= 4 is 33.2 Å². The Morgan fingerprint density at radius 3 is 2.04 bits per heavy atom. The van der Waals surface area contributed by atoms with Gasteiger partial charge < -0.3 is 5.32 Å². The fourth-order valence-corrected chi connectivity index (χ4v) is 3.41. The van der Waals surface area contributed by atoms with Gasteiger partial charge in [0, 0.05) is 27.7 Å². The minimum absolute atomic E-state index is 0.224. The third kappa shape index (κ3) is 5.11. The summed E-state index contributed by atoms with van der Waals surface area (Å²) in [6.45, 7) is 4.23. The lowest BCUT2D eigenvalue weighted by atomic mass is 10.2. The summed E-state index contributed by atoms with van der Waals surface area (Å²) in [5.41, 5.74) is 1.12. The first kappa shape index (κ1) is 17.6. The number of carbonyl (C=O) groups excluding carboxylic acids is 1. The molecule has 0 spiro atoms. The second-order valence-electron chi connectivity index (χ2n) is 5.44. The molecular formula is C17H19NO3S2. The third-order valence-electron chi connectivity index (χ3n) is 3.03. The van der Waals surface area contributed by atoms with Crippen LogP contribution in [0, 0.1) is 0 Å². The van der Waals surface area contributed by atoms with Crippen LogP contribution in [0.5, 0.6) is 0 Å². The maximum atomic E-state index is 12.2. The van der Waals surface area contributed by atoms with Crippen molar-refractivity contribution in [1.82, 2.24) is 0 Å². The normalized spacial score (nSPS) is 11.5. The first-order valence-electron chi connectivity index (χ1n) is 7.14. The fraction of sp³-hybridized carbons (Fsp3) is 0.235. The molecule has 0 aliphatic heterocycles. The van der Waals surface area contributed by atoms with Crippen LogP contribution in [-0.4, -0.2) is 25.8 Å². The highest BCUT2D eigenvalue weighted by atomic mass is 32.2. The number of thioether (sulfide) groups is 1. The molecule has 4 nitrogen and oxygen atoms in total. The predicted molar refractivity (Wildman–Crippen MR) is 94.9 cm³/mol. The number of sulfone groups is 1. The van der Waals surface area contributed by atoms with Crippen LogP contribution in [0.4, 0.5) is 5.69 Å². The average Bonchev–Trinajstić information content (AvgIpc) is 2.47. The highest BCUT2D eigenvalue weighted by Crippen LogP contribution is 2.23. The molecule has 122 valence electrons. The van der Waals surface area contributed by atoms with E-state index >= 15 is 0 Å². The molecule has 2 rings (SSSR count). The molecule has 0 heterocycles. The van der Waals surface area contributed by atoms with Gasteiger partial charge in [-0.2, -0.15) is 0 Å². The van der Waals surface area contributed by atoms with Crippen LogP contribution in [-0.2, 0) is 9.84 Å². The highest BCUT2D eigenvalue weighted by Gasteiger charge is 2.09. The molecule has 1 amide bonds.